The van der Waals surface area contributed by atoms with Gasteiger partial charge in [-0.25, -0.2) is 9.97 Å². The fraction of sp³-hybridized carbons (Fsp3) is 0.316. The first-order valence-corrected chi connectivity index (χ1v) is 9.98. The number of nitrogens with zero attached hydrogens (tertiary/aromatic N) is 6. The Morgan fingerprint density at radius 3 is 3.07 bits per heavy atom. The number of hydrogen-bond donors (Lipinski definition) is 1. The van der Waals surface area contributed by atoms with Crippen molar-refractivity contribution in [1.82, 2.24) is 29.7 Å². The van der Waals surface area contributed by atoms with Gasteiger partial charge in [-0.1, -0.05) is 0 Å². The Balaban J connectivity index is 1.60. The number of pyridine rings is 1. The Hall–Kier alpha value is -2.87. The van der Waals surface area contributed by atoms with Crippen LogP contribution in [0.1, 0.15) is 29.6 Å². The minimum atomic E-state index is 0.580. The first-order chi connectivity index (χ1) is 13.3. The van der Waals surface area contributed by atoms with Gasteiger partial charge in [-0.15, -0.1) is 21.5 Å². The summed E-state index contributed by atoms with van der Waals surface area (Å²) < 4.78 is 2.03. The molecule has 0 aliphatic heterocycles. The van der Waals surface area contributed by atoms with Crippen LogP contribution in [0.4, 0.5) is 5.82 Å². The maximum absolute atomic E-state index is 4.86. The molecule has 136 valence electrons. The molecular weight excluding hydrogens is 358 g/mol. The van der Waals surface area contributed by atoms with E-state index in [0.29, 0.717) is 12.4 Å². The Bertz CT molecular complexity index is 1100. The van der Waals surface area contributed by atoms with Gasteiger partial charge in [0.15, 0.2) is 11.6 Å². The van der Waals surface area contributed by atoms with Gasteiger partial charge >= 0.3 is 0 Å². The monoisotopic (exact) mass is 377 g/mol. The van der Waals surface area contributed by atoms with Crippen molar-refractivity contribution in [3.63, 3.8) is 0 Å². The van der Waals surface area contributed by atoms with Crippen molar-refractivity contribution in [2.24, 2.45) is 0 Å². The van der Waals surface area contributed by atoms with Gasteiger partial charge in [-0.2, -0.15) is 0 Å². The van der Waals surface area contributed by atoms with Gasteiger partial charge in [0, 0.05) is 29.4 Å². The van der Waals surface area contributed by atoms with Crippen molar-refractivity contribution < 1.29 is 0 Å². The second-order valence-corrected chi connectivity index (χ2v) is 7.65. The summed E-state index contributed by atoms with van der Waals surface area (Å²) in [5.74, 6) is 2.48. The summed E-state index contributed by atoms with van der Waals surface area (Å²) in [6.45, 7) is 3.51. The van der Waals surface area contributed by atoms with Crippen LogP contribution in [0.3, 0.4) is 0 Å². The highest BCUT2D eigenvalue weighted by atomic mass is 32.1. The van der Waals surface area contributed by atoms with E-state index in [2.05, 4.69) is 27.4 Å². The summed E-state index contributed by atoms with van der Waals surface area (Å²) in [5.41, 5.74) is 2.33. The highest BCUT2D eigenvalue weighted by Gasteiger charge is 2.23. The Kier molecular flexibility index (Phi) is 4.05. The molecule has 0 saturated heterocycles. The number of fused-ring (bicyclic) bond motifs is 3. The molecule has 7 nitrogen and oxygen atoms in total. The largest absolute Gasteiger partial charge is 0.362 e. The minimum absolute atomic E-state index is 0.580. The standard InChI is InChI=1S/C19H19N7S/c1-2-26-11-22-25-15(26)10-21-18-16-13-6-3-7-14(13)27-19(16)24-17(23-18)12-5-4-8-20-9-12/h4-5,8-9,11H,2-3,6-7,10H2,1H3,(H,21,23,24). The SMILES string of the molecule is CCn1cnnc1CNc1nc(-c2cccnc2)nc2sc3c(c12)CCC3. The van der Waals surface area contributed by atoms with Crippen LogP contribution in [0.25, 0.3) is 21.6 Å². The summed E-state index contributed by atoms with van der Waals surface area (Å²) in [6.07, 6.45) is 8.78. The van der Waals surface area contributed by atoms with E-state index in [1.807, 2.05) is 16.7 Å². The number of rotatable bonds is 5. The molecule has 0 bridgehead atoms. The smallest absolute Gasteiger partial charge is 0.164 e. The molecule has 4 aromatic heterocycles. The molecule has 0 aromatic carbocycles. The highest BCUT2D eigenvalue weighted by molar-refractivity contribution is 7.19. The van der Waals surface area contributed by atoms with Crippen LogP contribution < -0.4 is 5.32 Å². The molecule has 0 atom stereocenters. The second-order valence-electron chi connectivity index (χ2n) is 6.56. The van der Waals surface area contributed by atoms with E-state index in [9.17, 15) is 0 Å². The lowest BCUT2D eigenvalue weighted by atomic mass is 10.2. The second kappa shape index (κ2) is 6.70. The van der Waals surface area contributed by atoms with Gasteiger partial charge in [0.05, 0.1) is 11.9 Å². The average Bonchev–Trinajstić information content (AvgIpc) is 3.41. The molecule has 1 aliphatic carbocycles. The molecule has 0 fully saturated rings. The Morgan fingerprint density at radius 1 is 1.26 bits per heavy atom. The Morgan fingerprint density at radius 2 is 2.22 bits per heavy atom. The molecule has 4 heterocycles. The maximum Gasteiger partial charge on any atom is 0.164 e. The average molecular weight is 377 g/mol. The molecule has 0 saturated carbocycles. The van der Waals surface area contributed by atoms with Crippen LogP contribution in [0, 0.1) is 0 Å². The third-order valence-electron chi connectivity index (χ3n) is 4.93. The molecule has 1 aliphatic rings. The zero-order valence-corrected chi connectivity index (χ0v) is 15.8. The van der Waals surface area contributed by atoms with E-state index in [1.54, 1.807) is 30.1 Å². The van der Waals surface area contributed by atoms with E-state index in [1.165, 1.54) is 22.2 Å². The van der Waals surface area contributed by atoms with Crippen molar-refractivity contribution in [3.05, 3.63) is 47.1 Å². The molecule has 27 heavy (non-hydrogen) atoms. The summed E-state index contributed by atoms with van der Waals surface area (Å²) in [4.78, 5) is 16.4. The number of aromatic nitrogens is 6. The van der Waals surface area contributed by atoms with Crippen LogP contribution in [-0.4, -0.2) is 29.7 Å². The number of aryl methyl sites for hydroxylation is 3. The van der Waals surface area contributed by atoms with Gasteiger partial charge < -0.3 is 9.88 Å². The first-order valence-electron chi connectivity index (χ1n) is 9.16. The number of hydrogen-bond acceptors (Lipinski definition) is 7. The zero-order chi connectivity index (χ0) is 18.2. The quantitative estimate of drug-likeness (QED) is 0.574. The molecule has 5 rings (SSSR count). The summed E-state index contributed by atoms with van der Waals surface area (Å²) in [7, 11) is 0. The van der Waals surface area contributed by atoms with E-state index in [4.69, 9.17) is 9.97 Å². The van der Waals surface area contributed by atoms with Gasteiger partial charge in [0.2, 0.25) is 0 Å². The lowest BCUT2D eigenvalue weighted by Crippen LogP contribution is -2.09. The maximum atomic E-state index is 4.86. The third kappa shape index (κ3) is 2.86. The molecule has 0 amide bonds. The van der Waals surface area contributed by atoms with E-state index in [-0.39, 0.29) is 0 Å². The van der Waals surface area contributed by atoms with Gasteiger partial charge in [-0.05, 0) is 43.9 Å². The number of anilines is 1. The normalized spacial score (nSPS) is 13.2. The summed E-state index contributed by atoms with van der Waals surface area (Å²) in [6, 6.07) is 3.90. The molecular formula is C19H19N7S. The van der Waals surface area contributed by atoms with E-state index < -0.39 is 0 Å². The van der Waals surface area contributed by atoms with Crippen molar-refractivity contribution in [2.45, 2.75) is 39.3 Å². The van der Waals surface area contributed by atoms with Crippen LogP contribution in [0.2, 0.25) is 0 Å². The number of thiophene rings is 1. The topological polar surface area (TPSA) is 81.4 Å². The molecule has 1 N–H and O–H groups in total. The lowest BCUT2D eigenvalue weighted by Gasteiger charge is -2.10. The van der Waals surface area contributed by atoms with Crippen molar-refractivity contribution in [1.29, 1.82) is 0 Å². The van der Waals surface area contributed by atoms with Crippen molar-refractivity contribution in [2.75, 3.05) is 5.32 Å². The molecule has 0 radical (unpaired) electrons. The molecule has 8 heteroatoms. The lowest BCUT2D eigenvalue weighted by molar-refractivity contribution is 0.707. The predicted molar refractivity (Wildman–Crippen MR) is 106 cm³/mol. The van der Waals surface area contributed by atoms with Crippen molar-refractivity contribution in [3.8, 4) is 11.4 Å². The minimum Gasteiger partial charge on any atom is -0.362 e. The number of nitrogens with one attached hydrogen (secondary N) is 1. The van der Waals surface area contributed by atoms with Crippen LogP contribution in [0.5, 0.6) is 0 Å². The van der Waals surface area contributed by atoms with Gasteiger partial charge in [-0.3, -0.25) is 4.98 Å². The molecule has 0 spiro atoms. The van der Waals surface area contributed by atoms with Gasteiger partial charge in [0.25, 0.3) is 0 Å². The van der Waals surface area contributed by atoms with Crippen LogP contribution in [-0.2, 0) is 25.9 Å². The molecule has 0 unspecified atom stereocenters. The molecule has 4 aromatic rings. The predicted octanol–water partition coefficient (Wildman–Crippen LogP) is 3.47. The Labute approximate surface area is 160 Å². The summed E-state index contributed by atoms with van der Waals surface area (Å²) >= 11 is 1.80. The third-order valence-corrected chi connectivity index (χ3v) is 6.12. The summed E-state index contributed by atoms with van der Waals surface area (Å²) in [5, 5.41) is 12.9. The van der Waals surface area contributed by atoms with E-state index >= 15 is 0 Å². The van der Waals surface area contributed by atoms with Gasteiger partial charge in [0.1, 0.15) is 17.0 Å². The highest BCUT2D eigenvalue weighted by Crippen LogP contribution is 2.40. The fourth-order valence-electron chi connectivity index (χ4n) is 3.59. The zero-order valence-electron chi connectivity index (χ0n) is 15.0. The first kappa shape index (κ1) is 16.3. The van der Waals surface area contributed by atoms with Crippen molar-refractivity contribution >= 4 is 27.4 Å². The van der Waals surface area contributed by atoms with E-state index in [0.717, 1.165) is 41.4 Å². The fourth-order valence-corrected chi connectivity index (χ4v) is 4.85. The van der Waals surface area contributed by atoms with Crippen LogP contribution in [0.15, 0.2) is 30.9 Å². The van der Waals surface area contributed by atoms with Crippen LogP contribution >= 0.6 is 11.3 Å².